The van der Waals surface area contributed by atoms with E-state index < -0.39 is 0 Å². The summed E-state index contributed by atoms with van der Waals surface area (Å²) in [5.74, 6) is 0.880. The van der Waals surface area contributed by atoms with Gasteiger partial charge in [0.25, 0.3) is 0 Å². The molecule has 0 aliphatic heterocycles. The highest BCUT2D eigenvalue weighted by Crippen LogP contribution is 2.24. The van der Waals surface area contributed by atoms with Gasteiger partial charge in [0.05, 0.1) is 11.9 Å². The summed E-state index contributed by atoms with van der Waals surface area (Å²) < 4.78 is 0. The molecule has 1 saturated carbocycles. The molecule has 1 fully saturated rings. The summed E-state index contributed by atoms with van der Waals surface area (Å²) in [6, 6.07) is 7.48. The van der Waals surface area contributed by atoms with Gasteiger partial charge in [-0.05, 0) is 49.4 Å². The molecule has 0 heterocycles. The zero-order valence-corrected chi connectivity index (χ0v) is 12.9. The van der Waals surface area contributed by atoms with Crippen molar-refractivity contribution in [2.45, 2.75) is 36.7 Å². The predicted molar refractivity (Wildman–Crippen MR) is 83.2 cm³/mol. The smallest absolute Gasteiger partial charge is 0.230 e. The summed E-state index contributed by atoms with van der Waals surface area (Å²) in [4.78, 5) is 12.8. The third-order valence-electron chi connectivity index (χ3n) is 3.53. The molecule has 5 heteroatoms. The first kappa shape index (κ1) is 15.7. The van der Waals surface area contributed by atoms with Crippen LogP contribution in [0.1, 0.15) is 25.7 Å². The van der Waals surface area contributed by atoms with E-state index in [1.54, 1.807) is 0 Å². The Hall–Kier alpha value is -0.710. The Bertz CT molecular complexity index is 438. The highest BCUT2D eigenvalue weighted by Gasteiger charge is 2.20. The third-order valence-corrected chi connectivity index (χ3v) is 4.79. The Morgan fingerprint density at radius 1 is 1.35 bits per heavy atom. The van der Waals surface area contributed by atoms with Gasteiger partial charge in [0.2, 0.25) is 5.91 Å². The summed E-state index contributed by atoms with van der Waals surface area (Å²) in [5.41, 5.74) is 0. The second-order valence-corrected chi connectivity index (χ2v) is 6.72. The van der Waals surface area contributed by atoms with Crippen molar-refractivity contribution in [1.29, 1.82) is 0 Å². The van der Waals surface area contributed by atoms with Crippen molar-refractivity contribution in [2.75, 3.05) is 12.3 Å². The van der Waals surface area contributed by atoms with Crippen LogP contribution >= 0.6 is 23.4 Å². The normalized spacial score (nSPS) is 22.5. The second-order valence-electron chi connectivity index (χ2n) is 5.23. The number of benzene rings is 1. The zero-order chi connectivity index (χ0) is 14.4. The van der Waals surface area contributed by atoms with Crippen LogP contribution in [0.15, 0.2) is 29.2 Å². The number of halogens is 1. The Kier molecular flexibility index (Phi) is 6.20. The number of rotatable bonds is 5. The van der Waals surface area contributed by atoms with Gasteiger partial charge in [-0.2, -0.15) is 0 Å². The first-order valence-corrected chi connectivity index (χ1v) is 8.33. The van der Waals surface area contributed by atoms with E-state index in [1.807, 2.05) is 24.3 Å². The van der Waals surface area contributed by atoms with Crippen LogP contribution in [0.2, 0.25) is 5.02 Å². The van der Waals surface area contributed by atoms with E-state index in [1.165, 1.54) is 11.8 Å². The lowest BCUT2D eigenvalue weighted by atomic mass is 9.87. The number of hydrogen-bond donors (Lipinski definition) is 2. The van der Waals surface area contributed by atoms with Crippen LogP contribution in [0.3, 0.4) is 0 Å². The van der Waals surface area contributed by atoms with Gasteiger partial charge in [-0.15, -0.1) is 11.8 Å². The summed E-state index contributed by atoms with van der Waals surface area (Å²) in [6.45, 7) is 0.678. The molecule has 3 nitrogen and oxygen atoms in total. The third kappa shape index (κ3) is 5.35. The Morgan fingerprint density at radius 3 is 2.80 bits per heavy atom. The van der Waals surface area contributed by atoms with Crippen molar-refractivity contribution in [2.24, 2.45) is 5.92 Å². The van der Waals surface area contributed by atoms with E-state index >= 15 is 0 Å². The second kappa shape index (κ2) is 7.91. The number of amides is 1. The molecule has 20 heavy (non-hydrogen) atoms. The summed E-state index contributed by atoms with van der Waals surface area (Å²) >= 11 is 7.32. The largest absolute Gasteiger partial charge is 0.393 e. The quantitative estimate of drug-likeness (QED) is 0.821. The molecule has 2 unspecified atom stereocenters. The van der Waals surface area contributed by atoms with Crippen LogP contribution in [-0.4, -0.2) is 29.4 Å². The fourth-order valence-corrected chi connectivity index (χ4v) is 3.29. The molecule has 1 aromatic carbocycles. The Labute approximate surface area is 129 Å². The average Bonchev–Trinajstić information content (AvgIpc) is 2.45. The van der Waals surface area contributed by atoms with E-state index in [2.05, 4.69) is 5.32 Å². The zero-order valence-electron chi connectivity index (χ0n) is 11.3. The molecule has 2 N–H and O–H groups in total. The highest BCUT2D eigenvalue weighted by molar-refractivity contribution is 8.00. The maximum Gasteiger partial charge on any atom is 0.230 e. The van der Waals surface area contributed by atoms with Gasteiger partial charge in [0, 0.05) is 16.5 Å². The number of hydrogen-bond acceptors (Lipinski definition) is 3. The fraction of sp³-hybridized carbons (Fsp3) is 0.533. The minimum Gasteiger partial charge on any atom is -0.393 e. The molecule has 110 valence electrons. The van der Waals surface area contributed by atoms with Gasteiger partial charge in [-0.3, -0.25) is 4.79 Å². The van der Waals surface area contributed by atoms with Crippen LogP contribution < -0.4 is 5.32 Å². The molecule has 0 saturated heterocycles. The van der Waals surface area contributed by atoms with Crippen LogP contribution in [0.25, 0.3) is 0 Å². The van der Waals surface area contributed by atoms with Crippen LogP contribution in [0.4, 0.5) is 0 Å². The minimum absolute atomic E-state index is 0.0463. The van der Waals surface area contributed by atoms with Crippen LogP contribution in [0.5, 0.6) is 0 Å². The molecule has 0 radical (unpaired) electrons. The molecule has 0 bridgehead atoms. The molecule has 2 atom stereocenters. The number of carbonyl (C=O) groups is 1. The molecule has 1 aromatic rings. The Morgan fingerprint density at radius 2 is 2.10 bits per heavy atom. The lowest BCUT2D eigenvalue weighted by Crippen LogP contribution is -2.33. The number of aliphatic hydroxyl groups excluding tert-OH is 1. The number of carbonyl (C=O) groups excluding carboxylic acids is 1. The Balaban J connectivity index is 1.66. The van der Waals surface area contributed by atoms with Crippen molar-refractivity contribution >= 4 is 29.3 Å². The molecular weight excluding hydrogens is 294 g/mol. The van der Waals surface area contributed by atoms with Crippen molar-refractivity contribution in [3.63, 3.8) is 0 Å². The summed E-state index contributed by atoms with van der Waals surface area (Å²) in [7, 11) is 0. The fourth-order valence-electron chi connectivity index (χ4n) is 2.44. The van der Waals surface area contributed by atoms with Gasteiger partial charge >= 0.3 is 0 Å². The van der Waals surface area contributed by atoms with Crippen molar-refractivity contribution in [1.82, 2.24) is 5.32 Å². The SMILES string of the molecule is O=C(CSc1ccc(Cl)cc1)NCC1CCCC(O)C1. The van der Waals surface area contributed by atoms with E-state index in [9.17, 15) is 9.90 Å². The first-order chi connectivity index (χ1) is 9.63. The maximum atomic E-state index is 11.8. The molecule has 1 aliphatic carbocycles. The number of aliphatic hydroxyl groups is 1. The average molecular weight is 314 g/mol. The topological polar surface area (TPSA) is 49.3 Å². The molecule has 0 spiro atoms. The van der Waals surface area contributed by atoms with Gasteiger partial charge < -0.3 is 10.4 Å². The van der Waals surface area contributed by atoms with E-state index in [4.69, 9.17) is 11.6 Å². The highest BCUT2D eigenvalue weighted by atomic mass is 35.5. The van der Waals surface area contributed by atoms with Gasteiger partial charge in [0.1, 0.15) is 0 Å². The lowest BCUT2D eigenvalue weighted by molar-refractivity contribution is -0.118. The van der Waals surface area contributed by atoms with E-state index in [-0.39, 0.29) is 12.0 Å². The molecular formula is C15H20ClNO2S. The van der Waals surface area contributed by atoms with Gasteiger partial charge in [0.15, 0.2) is 0 Å². The minimum atomic E-state index is -0.186. The van der Waals surface area contributed by atoms with Crippen molar-refractivity contribution < 1.29 is 9.90 Å². The van der Waals surface area contributed by atoms with E-state index in [0.717, 1.165) is 30.6 Å². The molecule has 2 rings (SSSR count). The van der Waals surface area contributed by atoms with Gasteiger partial charge in [-0.25, -0.2) is 0 Å². The van der Waals surface area contributed by atoms with Crippen LogP contribution in [0, 0.1) is 5.92 Å². The first-order valence-electron chi connectivity index (χ1n) is 6.96. The predicted octanol–water partition coefficient (Wildman–Crippen LogP) is 3.10. The van der Waals surface area contributed by atoms with Crippen molar-refractivity contribution in [3.8, 4) is 0 Å². The standard InChI is InChI=1S/C15H20ClNO2S/c16-12-4-6-14(7-5-12)20-10-15(19)17-9-11-2-1-3-13(18)8-11/h4-7,11,13,18H,1-3,8-10H2,(H,17,19). The molecule has 0 aromatic heterocycles. The van der Waals surface area contributed by atoms with Crippen molar-refractivity contribution in [3.05, 3.63) is 29.3 Å². The number of nitrogens with one attached hydrogen (secondary N) is 1. The van der Waals surface area contributed by atoms with E-state index in [0.29, 0.717) is 23.2 Å². The monoisotopic (exact) mass is 313 g/mol. The molecule has 1 amide bonds. The summed E-state index contributed by atoms with van der Waals surface area (Å²) in [5, 5.41) is 13.3. The number of thioether (sulfide) groups is 1. The lowest BCUT2D eigenvalue weighted by Gasteiger charge is -2.25. The maximum absolute atomic E-state index is 11.8. The van der Waals surface area contributed by atoms with Crippen LogP contribution in [-0.2, 0) is 4.79 Å². The van der Waals surface area contributed by atoms with Gasteiger partial charge in [-0.1, -0.05) is 18.0 Å². The molecule has 1 aliphatic rings. The summed E-state index contributed by atoms with van der Waals surface area (Å²) in [6.07, 6.45) is 3.68.